The minimum Gasteiger partial charge on any atom is -0.294 e. The van der Waals surface area contributed by atoms with Gasteiger partial charge in [-0.3, -0.25) is 4.79 Å². The van der Waals surface area contributed by atoms with E-state index in [-0.39, 0.29) is 11.7 Å². The second-order valence-corrected chi connectivity index (χ2v) is 3.44. The smallest absolute Gasteiger partial charge is 0.169 e. The molecule has 0 N–H and O–H groups in total. The number of ketones is 1. The lowest BCUT2D eigenvalue weighted by molar-refractivity contribution is -0.693. The Hall–Kier alpha value is -1.18. The van der Waals surface area contributed by atoms with Crippen molar-refractivity contribution < 1.29 is 9.36 Å². The lowest BCUT2D eigenvalue weighted by Crippen LogP contribution is -2.31. The zero-order valence-electron chi connectivity index (χ0n) is 8.45. The summed E-state index contributed by atoms with van der Waals surface area (Å²) in [7, 11) is 0. The molecule has 0 aliphatic rings. The summed E-state index contributed by atoms with van der Waals surface area (Å²) < 4.78 is 2.04. The van der Waals surface area contributed by atoms with Gasteiger partial charge in [-0.2, -0.15) is 0 Å². The first-order valence-electron chi connectivity index (χ1n) is 4.68. The molecule has 1 rings (SSSR count). The molecule has 1 aromatic rings. The monoisotopic (exact) mass is 178 g/mol. The third-order valence-electron chi connectivity index (χ3n) is 2.07. The molecular weight excluding hydrogens is 162 g/mol. The SMILES string of the molecule is CC[n+]1ccc(C(=O)C(C)C)cc1. The Balaban J connectivity index is 2.86. The molecule has 70 valence electrons. The van der Waals surface area contributed by atoms with Crippen LogP contribution in [0.15, 0.2) is 24.5 Å². The Labute approximate surface area is 79.2 Å². The van der Waals surface area contributed by atoms with Gasteiger partial charge in [-0.25, -0.2) is 4.57 Å². The van der Waals surface area contributed by atoms with E-state index in [2.05, 4.69) is 6.92 Å². The maximum Gasteiger partial charge on any atom is 0.169 e. The molecule has 2 nitrogen and oxygen atoms in total. The number of aryl methyl sites for hydroxylation is 1. The van der Waals surface area contributed by atoms with Crippen molar-refractivity contribution in [1.29, 1.82) is 0 Å². The van der Waals surface area contributed by atoms with Crippen molar-refractivity contribution in [2.45, 2.75) is 27.3 Å². The Morgan fingerprint density at radius 2 is 1.92 bits per heavy atom. The average Bonchev–Trinajstić information content (AvgIpc) is 2.17. The predicted molar refractivity (Wildman–Crippen MR) is 51.5 cm³/mol. The summed E-state index contributed by atoms with van der Waals surface area (Å²) in [5.41, 5.74) is 0.805. The molecule has 0 aliphatic carbocycles. The molecule has 13 heavy (non-hydrogen) atoms. The quantitative estimate of drug-likeness (QED) is 0.511. The van der Waals surface area contributed by atoms with Crippen LogP contribution in [0.5, 0.6) is 0 Å². The highest BCUT2D eigenvalue weighted by atomic mass is 16.1. The van der Waals surface area contributed by atoms with Crippen molar-refractivity contribution in [2.24, 2.45) is 5.92 Å². The van der Waals surface area contributed by atoms with Gasteiger partial charge in [0.15, 0.2) is 18.2 Å². The van der Waals surface area contributed by atoms with Gasteiger partial charge >= 0.3 is 0 Å². The number of hydrogen-bond acceptors (Lipinski definition) is 1. The van der Waals surface area contributed by atoms with E-state index in [1.165, 1.54) is 0 Å². The van der Waals surface area contributed by atoms with Crippen molar-refractivity contribution in [3.8, 4) is 0 Å². The highest BCUT2D eigenvalue weighted by Crippen LogP contribution is 2.05. The van der Waals surface area contributed by atoms with Crippen LogP contribution >= 0.6 is 0 Å². The van der Waals surface area contributed by atoms with Gasteiger partial charge in [0.1, 0.15) is 6.54 Å². The molecule has 0 saturated carbocycles. The normalized spacial score (nSPS) is 10.5. The lowest BCUT2D eigenvalue weighted by atomic mass is 10.0. The first-order valence-corrected chi connectivity index (χ1v) is 4.68. The number of pyridine rings is 1. The van der Waals surface area contributed by atoms with E-state index in [0.717, 1.165) is 12.1 Å². The van der Waals surface area contributed by atoms with Crippen LogP contribution in [-0.4, -0.2) is 5.78 Å². The van der Waals surface area contributed by atoms with Gasteiger partial charge in [0.05, 0.1) is 0 Å². The first kappa shape index (κ1) is 9.90. The van der Waals surface area contributed by atoms with E-state index < -0.39 is 0 Å². The molecule has 1 aromatic heterocycles. The van der Waals surface area contributed by atoms with E-state index in [1.54, 1.807) is 0 Å². The molecule has 0 radical (unpaired) electrons. The fourth-order valence-electron chi connectivity index (χ4n) is 1.17. The van der Waals surface area contributed by atoms with Crippen LogP contribution in [0, 0.1) is 5.92 Å². The summed E-state index contributed by atoms with van der Waals surface area (Å²) >= 11 is 0. The number of aromatic nitrogens is 1. The summed E-state index contributed by atoms with van der Waals surface area (Å²) in [6, 6.07) is 3.76. The maximum atomic E-state index is 11.5. The average molecular weight is 178 g/mol. The number of carbonyl (C=O) groups excluding carboxylic acids is 1. The Morgan fingerprint density at radius 1 is 1.38 bits per heavy atom. The molecule has 1 heterocycles. The highest BCUT2D eigenvalue weighted by Gasteiger charge is 2.10. The third-order valence-corrected chi connectivity index (χ3v) is 2.07. The number of carbonyl (C=O) groups is 1. The zero-order valence-corrected chi connectivity index (χ0v) is 8.45. The number of hydrogen-bond donors (Lipinski definition) is 0. The van der Waals surface area contributed by atoms with Gasteiger partial charge in [0.2, 0.25) is 0 Å². The molecule has 0 amide bonds. The van der Waals surface area contributed by atoms with Gasteiger partial charge in [-0.15, -0.1) is 0 Å². The van der Waals surface area contributed by atoms with Crippen LogP contribution < -0.4 is 4.57 Å². The Morgan fingerprint density at radius 3 is 2.31 bits per heavy atom. The van der Waals surface area contributed by atoms with Crippen LogP contribution in [0.4, 0.5) is 0 Å². The largest absolute Gasteiger partial charge is 0.294 e. The van der Waals surface area contributed by atoms with Gasteiger partial charge < -0.3 is 0 Å². The fourth-order valence-corrected chi connectivity index (χ4v) is 1.17. The van der Waals surface area contributed by atoms with E-state index in [4.69, 9.17) is 0 Å². The molecule has 0 unspecified atom stereocenters. The van der Waals surface area contributed by atoms with Crippen LogP contribution in [0.25, 0.3) is 0 Å². The molecule has 0 saturated heterocycles. The summed E-state index contributed by atoms with van der Waals surface area (Å²) in [5.74, 6) is 0.292. The van der Waals surface area contributed by atoms with Crippen molar-refractivity contribution in [3.05, 3.63) is 30.1 Å². The second kappa shape index (κ2) is 4.17. The van der Waals surface area contributed by atoms with Crippen molar-refractivity contribution in [3.63, 3.8) is 0 Å². The molecule has 0 fully saturated rings. The van der Waals surface area contributed by atoms with Crippen molar-refractivity contribution in [2.75, 3.05) is 0 Å². The van der Waals surface area contributed by atoms with Crippen LogP contribution in [0.3, 0.4) is 0 Å². The minimum atomic E-state index is 0.0810. The van der Waals surface area contributed by atoms with E-state index in [0.29, 0.717) is 0 Å². The van der Waals surface area contributed by atoms with Gasteiger partial charge in [-0.05, 0) is 6.92 Å². The fraction of sp³-hybridized carbons (Fsp3) is 0.455. The number of Topliss-reactive ketones (excluding diaryl/α,β-unsaturated/α-hetero) is 1. The standard InChI is InChI=1S/C11H16NO/c1-4-12-7-5-10(6-8-12)11(13)9(2)3/h5-9H,4H2,1-3H3/q+1. The maximum absolute atomic E-state index is 11.5. The molecule has 0 atom stereocenters. The molecule has 0 spiro atoms. The number of nitrogens with zero attached hydrogens (tertiary/aromatic N) is 1. The summed E-state index contributed by atoms with van der Waals surface area (Å²) in [6.07, 6.45) is 3.88. The van der Waals surface area contributed by atoms with Crippen molar-refractivity contribution >= 4 is 5.78 Å². The zero-order chi connectivity index (χ0) is 9.84. The van der Waals surface area contributed by atoms with Gasteiger partial charge in [-0.1, -0.05) is 13.8 Å². The number of rotatable bonds is 3. The van der Waals surface area contributed by atoms with Gasteiger partial charge in [0.25, 0.3) is 0 Å². The van der Waals surface area contributed by atoms with Crippen molar-refractivity contribution in [1.82, 2.24) is 0 Å². The molecule has 2 heteroatoms. The second-order valence-electron chi connectivity index (χ2n) is 3.44. The van der Waals surface area contributed by atoms with Crippen LogP contribution in [0.2, 0.25) is 0 Å². The molecule has 0 aromatic carbocycles. The van der Waals surface area contributed by atoms with Crippen LogP contribution in [-0.2, 0) is 6.54 Å². The minimum absolute atomic E-state index is 0.0810. The Kier molecular flexibility index (Phi) is 3.18. The summed E-state index contributed by atoms with van der Waals surface area (Å²) in [5, 5.41) is 0. The molecule has 0 bridgehead atoms. The Bertz CT molecular complexity index is 287. The molecular formula is C11H16NO+. The van der Waals surface area contributed by atoms with Crippen LogP contribution in [0.1, 0.15) is 31.1 Å². The van der Waals surface area contributed by atoms with E-state index in [1.807, 2.05) is 42.9 Å². The lowest BCUT2D eigenvalue weighted by Gasteiger charge is -2.02. The van der Waals surface area contributed by atoms with E-state index in [9.17, 15) is 4.79 Å². The van der Waals surface area contributed by atoms with Gasteiger partial charge in [0, 0.05) is 23.6 Å². The summed E-state index contributed by atoms with van der Waals surface area (Å²) in [6.45, 7) is 6.85. The molecule has 0 aliphatic heterocycles. The van der Waals surface area contributed by atoms with E-state index >= 15 is 0 Å². The third kappa shape index (κ3) is 2.38. The topological polar surface area (TPSA) is 20.9 Å². The first-order chi connectivity index (χ1) is 6.15. The predicted octanol–water partition coefficient (Wildman–Crippen LogP) is 1.83. The highest BCUT2D eigenvalue weighted by molar-refractivity contribution is 5.97. The summed E-state index contributed by atoms with van der Waals surface area (Å²) in [4.78, 5) is 11.5.